The summed E-state index contributed by atoms with van der Waals surface area (Å²) in [6, 6.07) is 48.6. The van der Waals surface area contributed by atoms with Crippen LogP contribution in [0.1, 0.15) is 24.0 Å². The molecule has 0 bridgehead atoms. The number of allylic oxidation sites excluding steroid dienone is 4. The van der Waals surface area contributed by atoms with Crippen molar-refractivity contribution in [3.05, 3.63) is 162 Å². The summed E-state index contributed by atoms with van der Waals surface area (Å²) in [7, 11) is 2.03. The van der Waals surface area contributed by atoms with E-state index < -0.39 is 0 Å². The van der Waals surface area contributed by atoms with Crippen LogP contribution in [-0.4, -0.2) is 7.05 Å². The van der Waals surface area contributed by atoms with Crippen LogP contribution < -0.4 is 9.80 Å². The maximum Gasteiger partial charge on any atom is 0.0992 e. The van der Waals surface area contributed by atoms with Gasteiger partial charge in [0.1, 0.15) is 0 Å². The van der Waals surface area contributed by atoms with Crippen LogP contribution in [0.25, 0.3) is 16.7 Å². The SMILES string of the molecule is CN(c1ccc(C2=CC=C(N(c3ccccc3)c3cccc(-c4ccccc4)c3)CC2)cc1)c1cccc(C#N)c1. The minimum atomic E-state index is 0.664. The number of hydrogen-bond donors (Lipinski definition) is 0. The van der Waals surface area contributed by atoms with Gasteiger partial charge in [-0.25, -0.2) is 0 Å². The summed E-state index contributed by atoms with van der Waals surface area (Å²) in [6.45, 7) is 0. The lowest BCUT2D eigenvalue weighted by Crippen LogP contribution is -2.17. The standard InChI is InChI=1S/C38H31N3/c1-40(37-16-8-10-29(26-37)28-39)34-22-18-31(19-23-34)32-20-24-36(25-21-32)41(35-14-6-3-7-15-35)38-17-9-13-33(27-38)30-11-4-2-5-12-30/h2-20,22-24,26-27H,21,25H2,1H3. The van der Waals surface area contributed by atoms with Gasteiger partial charge in [-0.1, -0.05) is 84.9 Å². The van der Waals surface area contributed by atoms with Crippen LogP contribution in [-0.2, 0) is 0 Å². The molecule has 0 saturated heterocycles. The minimum Gasteiger partial charge on any atom is -0.345 e. The molecular formula is C38H31N3. The van der Waals surface area contributed by atoms with Crippen LogP contribution in [0.5, 0.6) is 0 Å². The van der Waals surface area contributed by atoms with Crippen molar-refractivity contribution < 1.29 is 0 Å². The summed E-state index contributed by atoms with van der Waals surface area (Å²) < 4.78 is 0. The summed E-state index contributed by atoms with van der Waals surface area (Å²) in [5.74, 6) is 0. The van der Waals surface area contributed by atoms with Gasteiger partial charge in [0, 0.05) is 35.5 Å². The molecule has 0 saturated carbocycles. The van der Waals surface area contributed by atoms with E-state index in [1.54, 1.807) is 0 Å². The van der Waals surface area contributed by atoms with Crippen molar-refractivity contribution in [2.24, 2.45) is 0 Å². The Balaban J connectivity index is 1.28. The predicted octanol–water partition coefficient (Wildman–Crippen LogP) is 9.89. The molecule has 0 atom stereocenters. The van der Waals surface area contributed by atoms with E-state index in [2.05, 4.69) is 137 Å². The molecule has 0 aliphatic heterocycles. The molecule has 6 rings (SSSR count). The van der Waals surface area contributed by atoms with Crippen LogP contribution in [0.4, 0.5) is 22.7 Å². The molecule has 0 aromatic heterocycles. The molecule has 5 aromatic rings. The van der Waals surface area contributed by atoms with Crippen molar-refractivity contribution in [2.75, 3.05) is 16.8 Å². The second-order valence-corrected chi connectivity index (χ2v) is 10.2. The second kappa shape index (κ2) is 11.8. The molecule has 198 valence electrons. The lowest BCUT2D eigenvalue weighted by atomic mass is 9.94. The molecular weight excluding hydrogens is 498 g/mol. The average Bonchev–Trinajstić information content (AvgIpc) is 3.06. The highest BCUT2D eigenvalue weighted by atomic mass is 15.1. The molecule has 0 amide bonds. The van der Waals surface area contributed by atoms with Gasteiger partial charge < -0.3 is 9.80 Å². The predicted molar refractivity (Wildman–Crippen MR) is 171 cm³/mol. The summed E-state index contributed by atoms with van der Waals surface area (Å²) in [5, 5.41) is 9.25. The van der Waals surface area contributed by atoms with E-state index >= 15 is 0 Å². The molecule has 3 nitrogen and oxygen atoms in total. The highest BCUT2D eigenvalue weighted by Crippen LogP contribution is 2.38. The fourth-order valence-electron chi connectivity index (χ4n) is 5.40. The Morgan fingerprint density at radius 3 is 1.90 bits per heavy atom. The molecule has 0 heterocycles. The Morgan fingerprint density at radius 1 is 0.537 bits per heavy atom. The normalized spacial score (nSPS) is 12.6. The number of para-hydroxylation sites is 1. The lowest BCUT2D eigenvalue weighted by molar-refractivity contribution is 0.930. The summed E-state index contributed by atoms with van der Waals surface area (Å²) in [5.41, 5.74) is 11.3. The van der Waals surface area contributed by atoms with Crippen LogP contribution in [0.3, 0.4) is 0 Å². The fourth-order valence-corrected chi connectivity index (χ4v) is 5.40. The van der Waals surface area contributed by atoms with Crippen LogP contribution in [0.2, 0.25) is 0 Å². The van der Waals surface area contributed by atoms with Gasteiger partial charge in [0.15, 0.2) is 0 Å². The number of anilines is 4. The third kappa shape index (κ3) is 5.69. The summed E-state index contributed by atoms with van der Waals surface area (Å²) in [4.78, 5) is 4.49. The van der Waals surface area contributed by atoms with E-state index in [9.17, 15) is 5.26 Å². The smallest absolute Gasteiger partial charge is 0.0992 e. The molecule has 0 radical (unpaired) electrons. The number of benzene rings is 5. The van der Waals surface area contributed by atoms with Crippen molar-refractivity contribution in [1.29, 1.82) is 5.26 Å². The first-order chi connectivity index (χ1) is 20.2. The highest BCUT2D eigenvalue weighted by Gasteiger charge is 2.18. The molecule has 0 unspecified atom stereocenters. The first kappa shape index (κ1) is 25.9. The molecule has 5 aromatic carbocycles. The number of rotatable bonds is 7. The van der Waals surface area contributed by atoms with Gasteiger partial charge in [0.05, 0.1) is 11.6 Å². The van der Waals surface area contributed by atoms with Gasteiger partial charge in [-0.2, -0.15) is 5.26 Å². The maximum absolute atomic E-state index is 9.25. The zero-order valence-corrected chi connectivity index (χ0v) is 23.1. The van der Waals surface area contributed by atoms with E-state index in [1.165, 1.54) is 28.0 Å². The monoisotopic (exact) mass is 529 g/mol. The topological polar surface area (TPSA) is 30.3 Å². The molecule has 0 N–H and O–H groups in total. The second-order valence-electron chi connectivity index (χ2n) is 10.2. The van der Waals surface area contributed by atoms with E-state index in [0.29, 0.717) is 5.56 Å². The van der Waals surface area contributed by atoms with Gasteiger partial charge in [-0.05, 0) is 95.8 Å². The number of nitriles is 1. The first-order valence-electron chi connectivity index (χ1n) is 13.9. The first-order valence-corrected chi connectivity index (χ1v) is 13.9. The van der Waals surface area contributed by atoms with E-state index in [4.69, 9.17) is 0 Å². The molecule has 1 aliphatic rings. The van der Waals surface area contributed by atoms with Gasteiger partial charge in [0.2, 0.25) is 0 Å². The molecule has 3 heteroatoms. The summed E-state index contributed by atoms with van der Waals surface area (Å²) in [6.07, 6.45) is 6.45. The number of hydrogen-bond acceptors (Lipinski definition) is 3. The Bertz CT molecular complexity index is 1740. The summed E-state index contributed by atoms with van der Waals surface area (Å²) >= 11 is 0. The largest absolute Gasteiger partial charge is 0.345 e. The average molecular weight is 530 g/mol. The van der Waals surface area contributed by atoms with Gasteiger partial charge in [-0.3, -0.25) is 0 Å². The van der Waals surface area contributed by atoms with Crippen LogP contribution >= 0.6 is 0 Å². The van der Waals surface area contributed by atoms with Crippen molar-refractivity contribution in [2.45, 2.75) is 12.8 Å². The van der Waals surface area contributed by atoms with Crippen molar-refractivity contribution in [3.63, 3.8) is 0 Å². The van der Waals surface area contributed by atoms with Crippen molar-refractivity contribution in [3.8, 4) is 17.2 Å². The minimum absolute atomic E-state index is 0.664. The number of nitrogens with zero attached hydrogens (tertiary/aromatic N) is 3. The van der Waals surface area contributed by atoms with Crippen molar-refractivity contribution in [1.82, 2.24) is 0 Å². The zero-order valence-electron chi connectivity index (χ0n) is 23.1. The Morgan fingerprint density at radius 2 is 1.20 bits per heavy atom. The third-order valence-electron chi connectivity index (χ3n) is 7.63. The zero-order chi connectivity index (χ0) is 28.0. The molecule has 0 spiro atoms. The van der Waals surface area contributed by atoms with Gasteiger partial charge >= 0.3 is 0 Å². The van der Waals surface area contributed by atoms with Crippen molar-refractivity contribution >= 4 is 28.3 Å². The fraction of sp³-hybridized carbons (Fsp3) is 0.0789. The highest BCUT2D eigenvalue weighted by molar-refractivity contribution is 5.77. The van der Waals surface area contributed by atoms with Gasteiger partial charge in [0.25, 0.3) is 0 Å². The van der Waals surface area contributed by atoms with Crippen LogP contribution in [0.15, 0.2) is 151 Å². The third-order valence-corrected chi connectivity index (χ3v) is 7.63. The Labute approximate surface area is 242 Å². The Kier molecular flexibility index (Phi) is 7.47. The molecule has 1 aliphatic carbocycles. The quantitative estimate of drug-likeness (QED) is 0.210. The van der Waals surface area contributed by atoms with Crippen LogP contribution in [0, 0.1) is 11.3 Å². The van der Waals surface area contributed by atoms with E-state index in [-0.39, 0.29) is 0 Å². The Hall–Kier alpha value is -5.33. The van der Waals surface area contributed by atoms with E-state index in [1.807, 2.05) is 31.3 Å². The lowest BCUT2D eigenvalue weighted by Gasteiger charge is -2.30. The van der Waals surface area contributed by atoms with E-state index in [0.717, 1.165) is 35.6 Å². The molecule has 0 fully saturated rings. The van der Waals surface area contributed by atoms with Gasteiger partial charge in [-0.15, -0.1) is 0 Å². The molecule has 41 heavy (non-hydrogen) atoms. The maximum atomic E-state index is 9.25.